The van der Waals surface area contributed by atoms with Gasteiger partial charge in [0.15, 0.2) is 0 Å². The molecule has 2 N–H and O–H groups in total. The molecule has 0 bridgehead atoms. The van der Waals surface area contributed by atoms with Crippen LogP contribution in [0.3, 0.4) is 0 Å². The summed E-state index contributed by atoms with van der Waals surface area (Å²) in [6.07, 6.45) is 5.56. The molecule has 2 aliphatic heterocycles. The molecule has 2 fully saturated rings. The van der Waals surface area contributed by atoms with Crippen molar-refractivity contribution in [2.75, 3.05) is 19.6 Å². The monoisotopic (exact) mass is 355 g/mol. The predicted molar refractivity (Wildman–Crippen MR) is 92.9 cm³/mol. The van der Waals surface area contributed by atoms with Gasteiger partial charge in [-0.05, 0) is 52.3 Å². The first-order valence-corrected chi connectivity index (χ1v) is 8.37. The number of nitrogens with one attached hydrogen (secondary N) is 2. The summed E-state index contributed by atoms with van der Waals surface area (Å²) < 4.78 is 1.75. The molecule has 8 heteroatoms. The van der Waals surface area contributed by atoms with Gasteiger partial charge in [-0.3, -0.25) is 14.3 Å². The van der Waals surface area contributed by atoms with Gasteiger partial charge in [0.25, 0.3) is 0 Å². The molecule has 3 rings (SSSR count). The summed E-state index contributed by atoms with van der Waals surface area (Å²) >= 11 is 0. The maximum absolute atomic E-state index is 13.0. The van der Waals surface area contributed by atoms with E-state index in [1.165, 1.54) is 0 Å². The fourth-order valence-electron chi connectivity index (χ4n) is 3.56. The summed E-state index contributed by atoms with van der Waals surface area (Å²) in [4.78, 5) is 27.3. The Balaban J connectivity index is 0.00000208. The van der Waals surface area contributed by atoms with Crippen molar-refractivity contribution >= 4 is 24.2 Å². The number of piperidine rings is 1. The minimum atomic E-state index is -0.694. The molecule has 0 spiro atoms. The molecule has 1 atom stereocenters. The fourth-order valence-corrected chi connectivity index (χ4v) is 3.56. The van der Waals surface area contributed by atoms with E-state index in [0.717, 1.165) is 13.1 Å². The largest absolute Gasteiger partial charge is 0.342 e. The Bertz CT molecular complexity index is 569. The van der Waals surface area contributed by atoms with Gasteiger partial charge in [-0.2, -0.15) is 5.10 Å². The first kappa shape index (κ1) is 18.7. The van der Waals surface area contributed by atoms with Crippen LogP contribution >= 0.6 is 12.4 Å². The minimum Gasteiger partial charge on any atom is -0.342 e. The lowest BCUT2D eigenvalue weighted by Crippen LogP contribution is -2.57. The quantitative estimate of drug-likeness (QED) is 0.824. The van der Waals surface area contributed by atoms with Gasteiger partial charge in [-0.25, -0.2) is 0 Å². The molecule has 1 unspecified atom stereocenters. The van der Waals surface area contributed by atoms with E-state index in [4.69, 9.17) is 0 Å². The molecule has 0 radical (unpaired) electrons. The van der Waals surface area contributed by atoms with Crippen molar-refractivity contribution in [2.45, 2.75) is 50.7 Å². The van der Waals surface area contributed by atoms with Crippen LogP contribution in [0.4, 0.5) is 0 Å². The summed E-state index contributed by atoms with van der Waals surface area (Å²) in [6, 6.07) is 1.59. The number of halogens is 1. The number of aromatic nitrogens is 2. The zero-order valence-electron chi connectivity index (χ0n) is 14.2. The van der Waals surface area contributed by atoms with Crippen molar-refractivity contribution in [1.82, 2.24) is 25.3 Å². The van der Waals surface area contributed by atoms with Crippen molar-refractivity contribution < 1.29 is 9.59 Å². The molecule has 0 saturated carbocycles. The maximum atomic E-state index is 13.0. The van der Waals surface area contributed by atoms with Gasteiger partial charge in [0.1, 0.15) is 11.6 Å². The lowest BCUT2D eigenvalue weighted by molar-refractivity contribution is -0.138. The Kier molecular flexibility index (Phi) is 5.87. The van der Waals surface area contributed by atoms with E-state index in [9.17, 15) is 9.59 Å². The number of nitrogens with zero attached hydrogens (tertiary/aromatic N) is 3. The Hall–Kier alpha value is -1.60. The number of carbonyl (C=O) groups is 2. The van der Waals surface area contributed by atoms with Crippen LogP contribution in [-0.2, 0) is 15.1 Å². The Morgan fingerprint density at radius 2 is 2.12 bits per heavy atom. The molecule has 1 aromatic heterocycles. The number of hydrogen-bond donors (Lipinski definition) is 2. The smallest absolute Gasteiger partial charge is 0.248 e. The van der Waals surface area contributed by atoms with Crippen LogP contribution in [0, 0.1) is 0 Å². The Labute approximate surface area is 148 Å². The number of amides is 2. The zero-order chi connectivity index (χ0) is 16.4. The third kappa shape index (κ3) is 3.28. The van der Waals surface area contributed by atoms with Gasteiger partial charge in [-0.1, -0.05) is 0 Å². The van der Waals surface area contributed by atoms with E-state index in [1.54, 1.807) is 10.9 Å². The first-order chi connectivity index (χ1) is 11.0. The minimum absolute atomic E-state index is 0. The van der Waals surface area contributed by atoms with Gasteiger partial charge < -0.3 is 15.5 Å². The molecule has 0 aliphatic carbocycles. The Morgan fingerprint density at radius 1 is 1.42 bits per heavy atom. The van der Waals surface area contributed by atoms with Gasteiger partial charge in [-0.15, -0.1) is 12.4 Å². The molecule has 2 aliphatic rings. The van der Waals surface area contributed by atoms with E-state index in [2.05, 4.69) is 15.7 Å². The highest BCUT2D eigenvalue weighted by Crippen LogP contribution is 2.28. The van der Waals surface area contributed by atoms with E-state index in [-0.39, 0.29) is 30.3 Å². The summed E-state index contributed by atoms with van der Waals surface area (Å²) in [6.45, 7) is 6.24. The molecular formula is C16H26ClN5O2. The maximum Gasteiger partial charge on any atom is 0.248 e. The summed E-state index contributed by atoms with van der Waals surface area (Å²) in [5, 5.41) is 10.6. The van der Waals surface area contributed by atoms with Crippen LogP contribution in [0.1, 0.15) is 33.1 Å². The van der Waals surface area contributed by atoms with E-state index >= 15 is 0 Å². The average Bonchev–Trinajstić information content (AvgIpc) is 3.19. The summed E-state index contributed by atoms with van der Waals surface area (Å²) in [7, 11) is 0. The molecule has 1 aromatic rings. The first-order valence-electron chi connectivity index (χ1n) is 8.37. The van der Waals surface area contributed by atoms with Gasteiger partial charge >= 0.3 is 0 Å². The highest BCUT2D eigenvalue weighted by Gasteiger charge is 2.44. The van der Waals surface area contributed by atoms with Gasteiger partial charge in [0.05, 0.1) is 0 Å². The van der Waals surface area contributed by atoms with Gasteiger partial charge in [0, 0.05) is 25.0 Å². The van der Waals surface area contributed by atoms with Crippen molar-refractivity contribution in [2.24, 2.45) is 0 Å². The van der Waals surface area contributed by atoms with Crippen molar-refractivity contribution in [1.29, 1.82) is 0 Å². The van der Waals surface area contributed by atoms with E-state index in [0.29, 0.717) is 25.8 Å². The zero-order valence-corrected chi connectivity index (χ0v) is 15.0. The lowest BCUT2D eigenvalue weighted by Gasteiger charge is -2.37. The molecule has 2 saturated heterocycles. The van der Waals surface area contributed by atoms with Crippen LogP contribution in [0.15, 0.2) is 18.5 Å². The molecule has 2 amide bonds. The molecular weight excluding hydrogens is 330 g/mol. The number of carbonyl (C=O) groups excluding carboxylic acids is 2. The van der Waals surface area contributed by atoms with E-state index < -0.39 is 11.6 Å². The normalized spacial score (nSPS) is 23.2. The van der Waals surface area contributed by atoms with Crippen molar-refractivity contribution in [3.8, 4) is 0 Å². The summed E-state index contributed by atoms with van der Waals surface area (Å²) in [5.74, 6) is -0.0652. The average molecular weight is 356 g/mol. The topological polar surface area (TPSA) is 79.3 Å². The molecule has 24 heavy (non-hydrogen) atoms. The predicted octanol–water partition coefficient (Wildman–Crippen LogP) is 0.509. The SMILES string of the molecule is CC(C)N1CCC(NC(=O)C2(n3cccn3)CCNCC2)C1=O.Cl. The number of rotatable bonds is 4. The summed E-state index contributed by atoms with van der Waals surface area (Å²) in [5.41, 5.74) is -0.694. The van der Waals surface area contributed by atoms with Gasteiger partial charge in [0.2, 0.25) is 11.8 Å². The highest BCUT2D eigenvalue weighted by atomic mass is 35.5. The van der Waals surface area contributed by atoms with Crippen molar-refractivity contribution in [3.63, 3.8) is 0 Å². The van der Waals surface area contributed by atoms with Crippen LogP contribution in [0.25, 0.3) is 0 Å². The second kappa shape index (κ2) is 7.53. The number of likely N-dealkylation sites (tertiary alicyclic amines) is 1. The molecule has 134 valence electrons. The number of hydrogen-bond acceptors (Lipinski definition) is 4. The second-order valence-corrected chi connectivity index (χ2v) is 6.67. The third-order valence-corrected chi connectivity index (χ3v) is 4.96. The lowest BCUT2D eigenvalue weighted by atomic mass is 9.87. The second-order valence-electron chi connectivity index (χ2n) is 6.67. The standard InChI is InChI=1S/C16H25N5O2.ClH/c1-12(2)20-11-4-13(14(20)22)19-15(23)16(5-8-17-9-6-16)21-10-3-7-18-21;/h3,7,10,12-13,17H,4-6,8-9,11H2,1-2H3,(H,19,23);1H. The Morgan fingerprint density at radius 3 is 2.67 bits per heavy atom. The van der Waals surface area contributed by atoms with Crippen molar-refractivity contribution in [3.05, 3.63) is 18.5 Å². The third-order valence-electron chi connectivity index (χ3n) is 4.96. The van der Waals surface area contributed by atoms with Crippen LogP contribution in [0.2, 0.25) is 0 Å². The van der Waals surface area contributed by atoms with Crippen LogP contribution < -0.4 is 10.6 Å². The molecule has 3 heterocycles. The van der Waals surface area contributed by atoms with Crippen LogP contribution in [-0.4, -0.2) is 58.2 Å². The molecule has 0 aromatic carbocycles. The van der Waals surface area contributed by atoms with E-state index in [1.807, 2.05) is 31.0 Å². The fraction of sp³-hybridized carbons (Fsp3) is 0.688. The van der Waals surface area contributed by atoms with Crippen LogP contribution in [0.5, 0.6) is 0 Å². The highest BCUT2D eigenvalue weighted by molar-refractivity contribution is 5.92. The molecule has 7 nitrogen and oxygen atoms in total.